The summed E-state index contributed by atoms with van der Waals surface area (Å²) in [5.74, 6) is 1.74. The fraction of sp³-hybridized carbons (Fsp3) is 0.560. The number of carbonyl (C=O) groups excluding carboxylic acids is 1. The third-order valence-corrected chi connectivity index (χ3v) is 7.74. The highest BCUT2D eigenvalue weighted by Crippen LogP contribution is 2.38. The number of aryl methyl sites for hydroxylation is 1. The third-order valence-electron chi connectivity index (χ3n) is 6.48. The van der Waals surface area contributed by atoms with Crippen molar-refractivity contribution in [3.05, 3.63) is 22.8 Å². The van der Waals surface area contributed by atoms with Crippen molar-refractivity contribution in [3.63, 3.8) is 0 Å². The number of morpholine rings is 1. The van der Waals surface area contributed by atoms with E-state index in [4.69, 9.17) is 25.2 Å². The monoisotopic (exact) mass is 526 g/mol. The van der Waals surface area contributed by atoms with Crippen LogP contribution in [0.5, 0.6) is 0 Å². The average molecular weight is 527 g/mol. The summed E-state index contributed by atoms with van der Waals surface area (Å²) in [6.07, 6.45) is 3.09. The molecule has 0 radical (unpaired) electrons. The van der Waals surface area contributed by atoms with Crippen molar-refractivity contribution >= 4 is 39.4 Å². The highest BCUT2D eigenvalue weighted by Gasteiger charge is 2.27. The van der Waals surface area contributed by atoms with Gasteiger partial charge >= 0.3 is 6.09 Å². The van der Waals surface area contributed by atoms with Gasteiger partial charge in [0.05, 0.1) is 29.0 Å². The lowest BCUT2D eigenvalue weighted by Gasteiger charge is -2.35. The van der Waals surface area contributed by atoms with E-state index < -0.39 is 5.60 Å². The number of aromatic nitrogens is 4. The minimum Gasteiger partial charge on any atom is -0.444 e. The van der Waals surface area contributed by atoms with Gasteiger partial charge in [-0.15, -0.1) is 11.3 Å². The van der Waals surface area contributed by atoms with Crippen LogP contribution in [0.4, 0.5) is 16.6 Å². The predicted molar refractivity (Wildman–Crippen MR) is 144 cm³/mol. The fourth-order valence-corrected chi connectivity index (χ4v) is 5.76. The number of hydrogen-bond acceptors (Lipinski definition) is 11. The van der Waals surface area contributed by atoms with E-state index in [1.807, 2.05) is 20.8 Å². The highest BCUT2D eigenvalue weighted by molar-refractivity contribution is 7.19. The first kappa shape index (κ1) is 25.6. The van der Waals surface area contributed by atoms with Gasteiger partial charge in [-0.3, -0.25) is 4.90 Å². The molecule has 2 saturated heterocycles. The number of amides is 1. The molecular formula is C25H34N8O3S. The van der Waals surface area contributed by atoms with E-state index in [9.17, 15) is 4.79 Å². The Kier molecular flexibility index (Phi) is 7.15. The second-order valence-corrected chi connectivity index (χ2v) is 11.5. The zero-order valence-corrected chi connectivity index (χ0v) is 22.7. The Morgan fingerprint density at radius 1 is 1.08 bits per heavy atom. The first-order valence-electron chi connectivity index (χ1n) is 12.6. The second kappa shape index (κ2) is 10.3. The van der Waals surface area contributed by atoms with Gasteiger partial charge in [-0.25, -0.2) is 24.7 Å². The molecule has 0 atom stereocenters. The van der Waals surface area contributed by atoms with Gasteiger partial charge in [0.25, 0.3) is 0 Å². The number of nitrogens with two attached hydrogens (primary N) is 1. The van der Waals surface area contributed by atoms with Crippen LogP contribution in [0.15, 0.2) is 12.4 Å². The SMILES string of the molecule is Cc1c(CN2CCN(C(=O)OC(C)(C)C)CC2)sc2c(N3CCOCC3)nc(-c3cnc(N)nc3)nc12. The number of anilines is 2. The summed E-state index contributed by atoms with van der Waals surface area (Å²) in [5.41, 5.74) is 8.05. The van der Waals surface area contributed by atoms with Gasteiger partial charge in [-0.1, -0.05) is 0 Å². The lowest BCUT2D eigenvalue weighted by Crippen LogP contribution is -2.49. The molecule has 1 amide bonds. The molecule has 0 aromatic carbocycles. The van der Waals surface area contributed by atoms with E-state index in [0.717, 1.165) is 59.9 Å². The zero-order valence-electron chi connectivity index (χ0n) is 21.9. The van der Waals surface area contributed by atoms with Crippen LogP contribution < -0.4 is 10.6 Å². The minimum absolute atomic E-state index is 0.221. The number of ether oxygens (including phenoxy) is 2. The lowest BCUT2D eigenvalue weighted by atomic mass is 10.2. The van der Waals surface area contributed by atoms with E-state index in [-0.39, 0.29) is 12.0 Å². The van der Waals surface area contributed by atoms with Crippen LogP contribution in [0.25, 0.3) is 21.6 Å². The van der Waals surface area contributed by atoms with Gasteiger partial charge in [-0.05, 0) is 33.3 Å². The highest BCUT2D eigenvalue weighted by atomic mass is 32.1. The molecule has 37 heavy (non-hydrogen) atoms. The quantitative estimate of drug-likeness (QED) is 0.543. The topological polar surface area (TPSA) is 123 Å². The summed E-state index contributed by atoms with van der Waals surface area (Å²) in [6, 6.07) is 0. The zero-order chi connectivity index (χ0) is 26.2. The second-order valence-electron chi connectivity index (χ2n) is 10.4. The van der Waals surface area contributed by atoms with Crippen LogP contribution in [0.3, 0.4) is 0 Å². The maximum absolute atomic E-state index is 12.4. The smallest absolute Gasteiger partial charge is 0.410 e. The van der Waals surface area contributed by atoms with Gasteiger partial charge in [0.15, 0.2) is 11.6 Å². The van der Waals surface area contributed by atoms with E-state index >= 15 is 0 Å². The van der Waals surface area contributed by atoms with Crippen LogP contribution >= 0.6 is 11.3 Å². The standard InChI is InChI=1S/C25H34N8O3S/c1-16-18(15-31-5-7-33(8-6-31)24(34)36-25(2,3)4)37-20-19(16)29-21(17-13-27-23(26)28-14-17)30-22(20)32-9-11-35-12-10-32/h13-14H,5-12,15H2,1-4H3,(H2,26,27,28). The van der Waals surface area contributed by atoms with Crippen molar-refractivity contribution in [2.45, 2.75) is 39.8 Å². The van der Waals surface area contributed by atoms with Crippen LogP contribution in [0, 0.1) is 6.92 Å². The summed E-state index contributed by atoms with van der Waals surface area (Å²) >= 11 is 1.75. The van der Waals surface area contributed by atoms with Crippen molar-refractivity contribution in [2.75, 3.05) is 63.1 Å². The third kappa shape index (κ3) is 5.76. The molecule has 3 aromatic rings. The van der Waals surface area contributed by atoms with E-state index in [0.29, 0.717) is 32.1 Å². The maximum Gasteiger partial charge on any atom is 0.410 e. The summed E-state index contributed by atoms with van der Waals surface area (Å²) in [7, 11) is 0. The normalized spacial score (nSPS) is 17.4. The van der Waals surface area contributed by atoms with Gasteiger partial charge in [0, 0.05) is 63.1 Å². The number of nitrogens with zero attached hydrogens (tertiary/aromatic N) is 7. The van der Waals surface area contributed by atoms with Gasteiger partial charge in [-0.2, -0.15) is 0 Å². The lowest BCUT2D eigenvalue weighted by molar-refractivity contribution is 0.0139. The number of fused-ring (bicyclic) bond motifs is 1. The van der Waals surface area contributed by atoms with E-state index in [1.54, 1.807) is 28.6 Å². The number of rotatable bonds is 4. The Balaban J connectivity index is 1.40. The Morgan fingerprint density at radius 2 is 1.76 bits per heavy atom. The number of carbonyl (C=O) groups is 1. The number of nitrogen functional groups attached to an aromatic ring is 1. The molecule has 0 unspecified atom stereocenters. The summed E-state index contributed by atoms with van der Waals surface area (Å²) in [6.45, 7) is 14.4. The fourth-order valence-electron chi connectivity index (χ4n) is 4.46. The van der Waals surface area contributed by atoms with Crippen LogP contribution in [0.1, 0.15) is 31.2 Å². The van der Waals surface area contributed by atoms with Gasteiger partial charge < -0.3 is 25.0 Å². The summed E-state index contributed by atoms with van der Waals surface area (Å²) in [5, 5.41) is 0. The van der Waals surface area contributed by atoms with Crippen molar-refractivity contribution in [3.8, 4) is 11.4 Å². The van der Waals surface area contributed by atoms with Crippen molar-refractivity contribution in [2.24, 2.45) is 0 Å². The average Bonchev–Trinajstić information content (AvgIpc) is 3.19. The van der Waals surface area contributed by atoms with Crippen LogP contribution in [0.2, 0.25) is 0 Å². The molecule has 2 aliphatic rings. The predicted octanol–water partition coefficient (Wildman–Crippen LogP) is 2.93. The number of thiophene rings is 1. The molecule has 0 bridgehead atoms. The molecule has 2 N–H and O–H groups in total. The van der Waals surface area contributed by atoms with E-state index in [2.05, 4.69) is 26.7 Å². The molecule has 11 nitrogen and oxygen atoms in total. The number of piperazine rings is 1. The molecule has 3 aromatic heterocycles. The van der Waals surface area contributed by atoms with Crippen LogP contribution in [-0.2, 0) is 16.0 Å². The molecule has 2 aliphatic heterocycles. The first-order valence-corrected chi connectivity index (χ1v) is 13.4. The maximum atomic E-state index is 12.4. The Hall–Kier alpha value is -3.09. The molecule has 5 heterocycles. The molecule has 0 saturated carbocycles. The Labute approximate surface area is 220 Å². The van der Waals surface area contributed by atoms with Crippen molar-refractivity contribution in [1.82, 2.24) is 29.7 Å². The van der Waals surface area contributed by atoms with Crippen LogP contribution in [-0.4, -0.2) is 93.9 Å². The molecule has 0 aliphatic carbocycles. The first-order chi connectivity index (χ1) is 17.7. The molecule has 5 rings (SSSR count). The Bertz CT molecular complexity index is 1260. The van der Waals surface area contributed by atoms with E-state index in [1.165, 1.54) is 4.88 Å². The molecule has 12 heteroatoms. The minimum atomic E-state index is -0.487. The van der Waals surface area contributed by atoms with Gasteiger partial charge in [0.1, 0.15) is 5.60 Å². The number of hydrogen-bond donors (Lipinski definition) is 1. The molecule has 2 fully saturated rings. The van der Waals surface area contributed by atoms with Crippen molar-refractivity contribution < 1.29 is 14.3 Å². The molecule has 198 valence electrons. The molecular weight excluding hydrogens is 492 g/mol. The largest absolute Gasteiger partial charge is 0.444 e. The summed E-state index contributed by atoms with van der Waals surface area (Å²) < 4.78 is 12.2. The summed E-state index contributed by atoms with van der Waals surface area (Å²) in [4.78, 5) is 38.3. The van der Waals surface area contributed by atoms with Crippen molar-refractivity contribution in [1.29, 1.82) is 0 Å². The Morgan fingerprint density at radius 3 is 2.41 bits per heavy atom. The van der Waals surface area contributed by atoms with Gasteiger partial charge in [0.2, 0.25) is 5.95 Å². The molecule has 0 spiro atoms.